The number of thioether (sulfide) groups is 1. The van der Waals surface area contributed by atoms with Gasteiger partial charge in [-0.1, -0.05) is 20.8 Å². The van der Waals surface area contributed by atoms with E-state index in [1.807, 2.05) is 35.5 Å². The van der Waals surface area contributed by atoms with Gasteiger partial charge in [-0.3, -0.25) is 4.98 Å². The molecule has 3 nitrogen and oxygen atoms in total. The van der Waals surface area contributed by atoms with E-state index < -0.39 is 0 Å². The second-order valence-corrected chi connectivity index (χ2v) is 10.9. The third-order valence-corrected chi connectivity index (χ3v) is 7.95. The Morgan fingerprint density at radius 1 is 1.21 bits per heavy atom. The third kappa shape index (κ3) is 3.82. The summed E-state index contributed by atoms with van der Waals surface area (Å²) in [7, 11) is 0. The van der Waals surface area contributed by atoms with Crippen molar-refractivity contribution >= 4 is 38.8 Å². The second-order valence-electron chi connectivity index (χ2n) is 8.86. The van der Waals surface area contributed by atoms with E-state index in [4.69, 9.17) is 4.98 Å². The van der Waals surface area contributed by atoms with E-state index in [1.165, 1.54) is 37.5 Å². The lowest BCUT2D eigenvalue weighted by atomic mass is 9.88. The standard InChI is InChI=1S/C24H29N3S2/c1-15-19-13-25-9-7-21(19)29-23(15)17(14-28-6)11-20-16(2)27-10-8-18(24(3,4)5)12-22(27)26-20/h7-10,12-13,17H,11,14H2,1-6H3. The maximum absolute atomic E-state index is 5.06. The van der Waals surface area contributed by atoms with Gasteiger partial charge in [-0.05, 0) is 61.3 Å². The first-order chi connectivity index (χ1) is 13.8. The Bertz CT molecular complexity index is 1160. The number of hydrogen-bond donors (Lipinski definition) is 0. The van der Waals surface area contributed by atoms with E-state index >= 15 is 0 Å². The Morgan fingerprint density at radius 3 is 2.69 bits per heavy atom. The number of rotatable bonds is 5. The molecule has 0 saturated carbocycles. The largest absolute Gasteiger partial charge is 0.304 e. The average molecular weight is 424 g/mol. The number of aryl methyl sites for hydroxylation is 2. The summed E-state index contributed by atoms with van der Waals surface area (Å²) in [5.41, 5.74) is 6.37. The normalized spacial score (nSPS) is 13.4. The maximum Gasteiger partial charge on any atom is 0.137 e. The van der Waals surface area contributed by atoms with Crippen LogP contribution < -0.4 is 0 Å². The molecule has 1 atom stereocenters. The Morgan fingerprint density at radius 2 is 2.00 bits per heavy atom. The molecular formula is C24H29N3S2. The molecule has 4 heterocycles. The Labute approximate surface area is 181 Å². The van der Waals surface area contributed by atoms with Crippen LogP contribution in [0.2, 0.25) is 0 Å². The molecule has 0 saturated heterocycles. The monoisotopic (exact) mass is 423 g/mol. The molecule has 0 aliphatic rings. The third-order valence-electron chi connectivity index (χ3n) is 5.78. The summed E-state index contributed by atoms with van der Waals surface area (Å²) >= 11 is 3.84. The molecule has 152 valence electrons. The molecule has 1 unspecified atom stereocenters. The van der Waals surface area contributed by atoms with Crippen LogP contribution >= 0.6 is 23.1 Å². The van der Waals surface area contributed by atoms with Crippen molar-refractivity contribution in [2.24, 2.45) is 0 Å². The van der Waals surface area contributed by atoms with Gasteiger partial charge in [0.15, 0.2) is 0 Å². The van der Waals surface area contributed by atoms with Crippen molar-refractivity contribution in [1.82, 2.24) is 14.4 Å². The molecular weight excluding hydrogens is 394 g/mol. The fraction of sp³-hybridized carbons (Fsp3) is 0.417. The lowest BCUT2D eigenvalue weighted by Gasteiger charge is -2.18. The second kappa shape index (κ2) is 7.77. The predicted molar refractivity (Wildman–Crippen MR) is 128 cm³/mol. The Hall–Kier alpha value is -1.85. The number of pyridine rings is 2. The van der Waals surface area contributed by atoms with Crippen LogP contribution in [0.3, 0.4) is 0 Å². The fourth-order valence-electron chi connectivity index (χ4n) is 4.01. The van der Waals surface area contributed by atoms with Crippen molar-refractivity contribution in [1.29, 1.82) is 0 Å². The highest BCUT2D eigenvalue weighted by Gasteiger charge is 2.22. The molecule has 4 rings (SSSR count). The van der Waals surface area contributed by atoms with Crippen molar-refractivity contribution in [2.45, 2.75) is 52.4 Å². The van der Waals surface area contributed by atoms with E-state index in [2.05, 4.69) is 74.7 Å². The summed E-state index contributed by atoms with van der Waals surface area (Å²) in [6, 6.07) is 6.61. The molecule has 0 aromatic carbocycles. The minimum absolute atomic E-state index is 0.130. The van der Waals surface area contributed by atoms with E-state index in [-0.39, 0.29) is 5.41 Å². The number of imidazole rings is 1. The van der Waals surface area contributed by atoms with Crippen LogP contribution in [0.5, 0.6) is 0 Å². The zero-order chi connectivity index (χ0) is 20.8. The van der Waals surface area contributed by atoms with Gasteiger partial charge in [-0.15, -0.1) is 11.3 Å². The molecule has 4 aromatic heterocycles. The summed E-state index contributed by atoms with van der Waals surface area (Å²) in [4.78, 5) is 10.9. The van der Waals surface area contributed by atoms with Crippen molar-refractivity contribution in [2.75, 3.05) is 12.0 Å². The first kappa shape index (κ1) is 20.4. The van der Waals surface area contributed by atoms with Crippen LogP contribution in [0.15, 0.2) is 36.8 Å². The number of thiophene rings is 1. The van der Waals surface area contributed by atoms with Crippen molar-refractivity contribution in [3.05, 3.63) is 64.2 Å². The highest BCUT2D eigenvalue weighted by Crippen LogP contribution is 2.38. The zero-order valence-electron chi connectivity index (χ0n) is 18.1. The summed E-state index contributed by atoms with van der Waals surface area (Å²) in [6.45, 7) is 11.2. The number of hydrogen-bond acceptors (Lipinski definition) is 4. The first-order valence-corrected chi connectivity index (χ1v) is 12.3. The van der Waals surface area contributed by atoms with Crippen molar-refractivity contribution in [3.63, 3.8) is 0 Å². The van der Waals surface area contributed by atoms with Gasteiger partial charge in [0, 0.05) is 50.9 Å². The van der Waals surface area contributed by atoms with Gasteiger partial charge in [-0.2, -0.15) is 11.8 Å². The number of nitrogens with zero attached hydrogens (tertiary/aromatic N) is 3. The van der Waals surface area contributed by atoms with Gasteiger partial charge in [0.05, 0.1) is 5.69 Å². The fourth-order valence-corrected chi connectivity index (χ4v) is 6.08. The SMILES string of the molecule is CSCC(Cc1nc2cc(C(C)(C)C)ccn2c1C)c1sc2ccncc2c1C. The van der Waals surface area contributed by atoms with E-state index in [0.29, 0.717) is 5.92 Å². The number of fused-ring (bicyclic) bond motifs is 2. The van der Waals surface area contributed by atoms with Crippen LogP contribution in [0.25, 0.3) is 15.7 Å². The summed E-state index contributed by atoms with van der Waals surface area (Å²) in [5.74, 6) is 1.56. The molecule has 0 radical (unpaired) electrons. The summed E-state index contributed by atoms with van der Waals surface area (Å²) in [5, 5.41) is 1.29. The molecule has 0 N–H and O–H groups in total. The van der Waals surface area contributed by atoms with E-state index in [0.717, 1.165) is 17.8 Å². The molecule has 0 amide bonds. The van der Waals surface area contributed by atoms with Crippen LogP contribution in [-0.4, -0.2) is 26.4 Å². The van der Waals surface area contributed by atoms with Crippen LogP contribution in [0.4, 0.5) is 0 Å². The van der Waals surface area contributed by atoms with Gasteiger partial charge in [0.2, 0.25) is 0 Å². The maximum atomic E-state index is 5.06. The van der Waals surface area contributed by atoms with Gasteiger partial charge in [0.1, 0.15) is 5.65 Å². The molecule has 0 bridgehead atoms. The highest BCUT2D eigenvalue weighted by atomic mass is 32.2. The number of aromatic nitrogens is 3. The van der Waals surface area contributed by atoms with Crippen molar-refractivity contribution in [3.8, 4) is 0 Å². The quantitative estimate of drug-likeness (QED) is 0.365. The summed E-state index contributed by atoms with van der Waals surface area (Å²) < 4.78 is 3.57. The van der Waals surface area contributed by atoms with Crippen LogP contribution in [0, 0.1) is 13.8 Å². The molecule has 0 aliphatic heterocycles. The predicted octanol–water partition coefficient (Wildman–Crippen LogP) is 6.55. The molecule has 29 heavy (non-hydrogen) atoms. The van der Waals surface area contributed by atoms with Crippen molar-refractivity contribution < 1.29 is 0 Å². The Balaban J connectivity index is 1.74. The van der Waals surface area contributed by atoms with Gasteiger partial charge >= 0.3 is 0 Å². The smallest absolute Gasteiger partial charge is 0.137 e. The topological polar surface area (TPSA) is 30.2 Å². The molecule has 0 aliphatic carbocycles. The lowest BCUT2D eigenvalue weighted by molar-refractivity contribution is 0.589. The van der Waals surface area contributed by atoms with Gasteiger partial charge in [-0.25, -0.2) is 4.98 Å². The van der Waals surface area contributed by atoms with Crippen LogP contribution in [0.1, 0.15) is 54.1 Å². The minimum atomic E-state index is 0.130. The van der Waals surface area contributed by atoms with Gasteiger partial charge < -0.3 is 4.40 Å². The lowest BCUT2D eigenvalue weighted by Crippen LogP contribution is -2.11. The average Bonchev–Trinajstić information content (AvgIpc) is 3.18. The molecule has 4 aromatic rings. The van der Waals surface area contributed by atoms with E-state index in [1.54, 1.807) is 0 Å². The van der Waals surface area contributed by atoms with Crippen LogP contribution in [-0.2, 0) is 11.8 Å². The highest BCUT2D eigenvalue weighted by molar-refractivity contribution is 7.98. The molecule has 0 fully saturated rings. The van der Waals surface area contributed by atoms with E-state index in [9.17, 15) is 0 Å². The zero-order valence-corrected chi connectivity index (χ0v) is 19.7. The molecule has 0 spiro atoms. The minimum Gasteiger partial charge on any atom is -0.304 e. The molecule has 5 heteroatoms. The first-order valence-electron chi connectivity index (χ1n) is 10.1. The Kier molecular flexibility index (Phi) is 5.47. The summed E-state index contributed by atoms with van der Waals surface area (Å²) in [6.07, 6.45) is 9.25. The van der Waals surface area contributed by atoms with Gasteiger partial charge in [0.25, 0.3) is 0 Å².